The first kappa shape index (κ1) is 39.2. The van der Waals surface area contributed by atoms with Crippen molar-refractivity contribution in [3.8, 4) is 11.1 Å². The second kappa shape index (κ2) is 11.3. The standard InChI is InChI=1S/C22H4F18O8/c23-17(24,25)7-1(9(19(29,30)31)11(21(35,36)37)5(15(45)46)3(7)13(41)42)2-8(18(26,27)28)4(14(43)44)6(16(47)48)12(22(38,39)40)10(2)20(32,33)34/h(H,41,42)(H,43,44)(H,45,46)(H,47,48). The van der Waals surface area contributed by atoms with Gasteiger partial charge in [-0.2, -0.15) is 79.0 Å². The molecule has 4 N–H and O–H groups in total. The van der Waals surface area contributed by atoms with Crippen LogP contribution in [0.15, 0.2) is 0 Å². The lowest BCUT2D eigenvalue weighted by Gasteiger charge is -2.31. The Labute approximate surface area is 247 Å². The molecule has 2 aromatic rings. The SMILES string of the molecule is O=C(O)c1c(C(=O)O)c(C(F)(F)F)c(C(F)(F)F)c(-c2c(C(F)(F)F)c(C(=O)O)c(C(=O)O)c(C(F)(F)F)c2C(F)(F)F)c1C(F)(F)F. The average Bonchev–Trinajstić information content (AvgIpc) is 2.81. The average molecular weight is 738 g/mol. The number of rotatable bonds is 5. The molecule has 0 spiro atoms. The van der Waals surface area contributed by atoms with E-state index in [1.54, 1.807) is 0 Å². The quantitative estimate of drug-likeness (QED) is 0.224. The lowest BCUT2D eigenvalue weighted by atomic mass is 9.76. The summed E-state index contributed by atoms with van der Waals surface area (Å²) in [7, 11) is 0. The van der Waals surface area contributed by atoms with Crippen LogP contribution in [-0.2, 0) is 37.1 Å². The van der Waals surface area contributed by atoms with Crippen molar-refractivity contribution >= 4 is 23.9 Å². The predicted molar refractivity (Wildman–Crippen MR) is 110 cm³/mol. The number of carboxylic acid groups (broad SMARTS) is 4. The van der Waals surface area contributed by atoms with E-state index < -0.39 is 128 Å². The minimum absolute atomic E-state index is 3.64. The van der Waals surface area contributed by atoms with Crippen LogP contribution in [0.4, 0.5) is 79.0 Å². The molecule has 0 saturated carbocycles. The van der Waals surface area contributed by atoms with Gasteiger partial charge >= 0.3 is 60.9 Å². The van der Waals surface area contributed by atoms with Crippen molar-refractivity contribution in [1.82, 2.24) is 0 Å². The van der Waals surface area contributed by atoms with Crippen molar-refractivity contribution in [2.24, 2.45) is 0 Å². The lowest BCUT2D eigenvalue weighted by molar-refractivity contribution is -0.165. The van der Waals surface area contributed by atoms with Gasteiger partial charge in [-0.25, -0.2) is 19.2 Å². The summed E-state index contributed by atoms with van der Waals surface area (Å²) in [5, 5.41) is 36.6. The highest BCUT2D eigenvalue weighted by Crippen LogP contribution is 2.59. The van der Waals surface area contributed by atoms with Crippen molar-refractivity contribution in [2.45, 2.75) is 37.1 Å². The fourth-order valence-corrected chi connectivity index (χ4v) is 4.56. The molecule has 2 rings (SSSR count). The number of hydrogen-bond donors (Lipinski definition) is 4. The van der Waals surface area contributed by atoms with Gasteiger partial charge in [0.1, 0.15) is 0 Å². The zero-order valence-electron chi connectivity index (χ0n) is 21.2. The molecule has 0 aliphatic rings. The molecule has 0 aliphatic carbocycles. The largest absolute Gasteiger partial charge is 0.478 e. The van der Waals surface area contributed by atoms with Gasteiger partial charge in [-0.15, -0.1) is 0 Å². The minimum Gasteiger partial charge on any atom is -0.478 e. The fourth-order valence-electron chi connectivity index (χ4n) is 4.56. The van der Waals surface area contributed by atoms with Gasteiger partial charge in [0, 0.05) is 11.1 Å². The molecule has 0 aliphatic heterocycles. The molecule has 8 nitrogen and oxygen atoms in total. The third kappa shape index (κ3) is 6.71. The number of halogens is 18. The summed E-state index contributed by atoms with van der Waals surface area (Å²) in [6, 6.07) is 0. The van der Waals surface area contributed by atoms with Crippen LogP contribution < -0.4 is 0 Å². The van der Waals surface area contributed by atoms with Crippen molar-refractivity contribution in [3.63, 3.8) is 0 Å². The zero-order valence-corrected chi connectivity index (χ0v) is 21.2. The molecular formula is C22H4F18O8. The van der Waals surface area contributed by atoms with Crippen molar-refractivity contribution in [2.75, 3.05) is 0 Å². The third-order valence-corrected chi connectivity index (χ3v) is 5.81. The Morgan fingerprint density at radius 3 is 0.562 bits per heavy atom. The number of carboxylic acids is 4. The van der Waals surface area contributed by atoms with Crippen molar-refractivity contribution in [1.29, 1.82) is 0 Å². The van der Waals surface area contributed by atoms with E-state index in [-0.39, 0.29) is 0 Å². The molecule has 0 radical (unpaired) electrons. The Morgan fingerprint density at radius 1 is 0.292 bits per heavy atom. The van der Waals surface area contributed by atoms with E-state index in [0.717, 1.165) is 0 Å². The third-order valence-electron chi connectivity index (χ3n) is 5.81. The number of hydrogen-bond acceptors (Lipinski definition) is 4. The number of aromatic carboxylic acids is 4. The number of carbonyl (C=O) groups is 4. The summed E-state index contributed by atoms with van der Waals surface area (Å²) < 4.78 is 256. The van der Waals surface area contributed by atoms with E-state index in [0.29, 0.717) is 0 Å². The van der Waals surface area contributed by atoms with Crippen LogP contribution in [0.3, 0.4) is 0 Å². The molecule has 0 amide bonds. The summed E-state index contributed by atoms with van der Waals surface area (Å²) in [4.78, 5) is 46.5. The molecular weight excluding hydrogens is 734 g/mol. The van der Waals surface area contributed by atoms with Gasteiger partial charge < -0.3 is 20.4 Å². The van der Waals surface area contributed by atoms with Crippen LogP contribution in [0.5, 0.6) is 0 Å². The van der Waals surface area contributed by atoms with Crippen LogP contribution in [-0.4, -0.2) is 44.3 Å². The topological polar surface area (TPSA) is 149 Å². The van der Waals surface area contributed by atoms with Crippen LogP contribution in [0.1, 0.15) is 74.8 Å². The highest BCUT2D eigenvalue weighted by molar-refractivity contribution is 6.10. The second-order valence-electron chi connectivity index (χ2n) is 8.71. The molecule has 0 unspecified atom stereocenters. The summed E-state index contributed by atoms with van der Waals surface area (Å²) >= 11 is 0. The van der Waals surface area contributed by atoms with Gasteiger partial charge in [0.25, 0.3) is 0 Å². The van der Waals surface area contributed by atoms with Crippen molar-refractivity contribution in [3.05, 3.63) is 55.6 Å². The van der Waals surface area contributed by atoms with Gasteiger partial charge in [-0.05, 0) is 0 Å². The Bertz CT molecular complexity index is 1610. The first-order chi connectivity index (χ1) is 21.0. The normalized spacial score (nSPS) is 13.5. The summed E-state index contributed by atoms with van der Waals surface area (Å²) in [6.07, 6.45) is -44.3. The highest BCUT2D eigenvalue weighted by atomic mass is 19.4. The van der Waals surface area contributed by atoms with Gasteiger partial charge in [-0.1, -0.05) is 0 Å². The van der Waals surface area contributed by atoms with Crippen LogP contribution in [0.2, 0.25) is 0 Å². The van der Waals surface area contributed by atoms with Gasteiger partial charge in [0.05, 0.1) is 55.6 Å². The lowest BCUT2D eigenvalue weighted by Crippen LogP contribution is -2.33. The van der Waals surface area contributed by atoms with E-state index in [9.17, 15) is 108 Å². The molecule has 0 heterocycles. The maximum absolute atomic E-state index is 14.4. The Hall–Kier alpha value is -4.94. The van der Waals surface area contributed by atoms with Crippen molar-refractivity contribution < 1.29 is 119 Å². The zero-order chi connectivity index (χ0) is 38.2. The van der Waals surface area contributed by atoms with Crippen LogP contribution in [0, 0.1) is 0 Å². The minimum atomic E-state index is -7.53. The number of benzene rings is 2. The maximum atomic E-state index is 14.4. The summed E-state index contributed by atoms with van der Waals surface area (Å²) in [5.41, 5.74) is -50.1. The maximum Gasteiger partial charge on any atom is 0.417 e. The monoisotopic (exact) mass is 738 g/mol. The van der Waals surface area contributed by atoms with Crippen LogP contribution in [0.25, 0.3) is 11.1 Å². The smallest absolute Gasteiger partial charge is 0.417 e. The molecule has 266 valence electrons. The summed E-state index contributed by atoms with van der Waals surface area (Å²) in [5.74, 6) is -15.0. The Morgan fingerprint density at radius 2 is 0.438 bits per heavy atom. The van der Waals surface area contributed by atoms with Gasteiger partial charge in [-0.3, -0.25) is 0 Å². The molecule has 0 bridgehead atoms. The van der Waals surface area contributed by atoms with Crippen LogP contribution >= 0.6 is 0 Å². The highest BCUT2D eigenvalue weighted by Gasteiger charge is 2.60. The van der Waals surface area contributed by atoms with E-state index in [1.807, 2.05) is 0 Å². The molecule has 2 aromatic carbocycles. The van der Waals surface area contributed by atoms with Gasteiger partial charge in [0.2, 0.25) is 0 Å². The van der Waals surface area contributed by atoms with Gasteiger partial charge in [0.15, 0.2) is 0 Å². The Balaban J connectivity index is 4.18. The Kier molecular flexibility index (Phi) is 9.27. The number of alkyl halides is 18. The van der Waals surface area contributed by atoms with E-state index in [1.165, 1.54) is 0 Å². The molecule has 48 heavy (non-hydrogen) atoms. The first-order valence-electron chi connectivity index (χ1n) is 10.9. The predicted octanol–water partition coefficient (Wildman–Crippen LogP) is 8.26. The van der Waals surface area contributed by atoms with E-state index in [2.05, 4.69) is 0 Å². The van der Waals surface area contributed by atoms with E-state index >= 15 is 0 Å². The van der Waals surface area contributed by atoms with E-state index in [4.69, 9.17) is 10.2 Å². The molecule has 0 saturated heterocycles. The first-order valence-corrected chi connectivity index (χ1v) is 10.9. The second-order valence-corrected chi connectivity index (χ2v) is 8.71. The molecule has 0 aromatic heterocycles. The fraction of sp³-hybridized carbons (Fsp3) is 0.273. The summed E-state index contributed by atoms with van der Waals surface area (Å²) in [6.45, 7) is 0. The molecule has 0 fully saturated rings. The molecule has 0 atom stereocenters. The molecule has 26 heteroatoms.